The molecule has 2 rings (SSSR count). The zero-order valence-electron chi connectivity index (χ0n) is 23.3. The van der Waals surface area contributed by atoms with Gasteiger partial charge in [0.25, 0.3) is 0 Å². The van der Waals surface area contributed by atoms with Crippen LogP contribution in [-0.4, -0.2) is 44.9 Å². The number of rotatable bonds is 12. The molecular formula is C28H55Br3MgO2. The minimum absolute atomic E-state index is 0. The molecule has 0 unspecified atom stereocenters. The largest absolute Gasteiger partial charge is 2.00 e. The maximum Gasteiger partial charge on any atom is 2.00 e. The Morgan fingerprint density at radius 2 is 1.38 bits per heavy atom. The molecule has 202 valence electrons. The summed E-state index contributed by atoms with van der Waals surface area (Å²) in [6.45, 7) is 16.0. The van der Waals surface area contributed by atoms with E-state index in [-0.39, 0.29) is 62.6 Å². The maximum atomic E-state index is 10.2. The van der Waals surface area contributed by atoms with Gasteiger partial charge in [-0.05, 0) is 70.6 Å². The van der Waals surface area contributed by atoms with E-state index in [0.717, 1.165) is 50.3 Å². The number of hydrogen-bond acceptors (Lipinski definition) is 2. The normalized spacial score (nSPS) is 13.4. The van der Waals surface area contributed by atoms with Crippen LogP contribution in [-0.2, 0) is 4.79 Å². The zero-order valence-corrected chi connectivity index (χ0v) is 29.6. The number of carbonyl (C=O) groups excluding carboxylic acids is 1. The summed E-state index contributed by atoms with van der Waals surface area (Å²) in [5.74, 6) is 1.47. The molecule has 0 aromatic carbocycles. The second kappa shape index (κ2) is 30.8. The third kappa shape index (κ3) is 28.2. The van der Waals surface area contributed by atoms with Crippen molar-refractivity contribution in [3.63, 3.8) is 0 Å². The van der Waals surface area contributed by atoms with E-state index in [1.54, 1.807) is 12.5 Å². The van der Waals surface area contributed by atoms with Crippen molar-refractivity contribution in [3.05, 3.63) is 18.6 Å². The van der Waals surface area contributed by atoms with Gasteiger partial charge >= 0.3 is 23.1 Å². The van der Waals surface area contributed by atoms with Crippen molar-refractivity contribution in [2.75, 3.05) is 5.33 Å². The Kier molecular flexibility index (Phi) is 41.2. The second-order valence-corrected chi connectivity index (χ2v) is 9.90. The molecule has 1 N–H and O–H groups in total. The topological polar surface area (TPSA) is 37.3 Å². The van der Waals surface area contributed by atoms with E-state index >= 15 is 0 Å². The first-order valence-electron chi connectivity index (χ1n) is 13.1. The van der Waals surface area contributed by atoms with E-state index in [1.165, 1.54) is 44.9 Å². The summed E-state index contributed by atoms with van der Waals surface area (Å²) in [5, 5.41) is 11.3. The van der Waals surface area contributed by atoms with Gasteiger partial charge in [0, 0.05) is 11.2 Å². The van der Waals surface area contributed by atoms with Crippen LogP contribution in [0.25, 0.3) is 0 Å². The summed E-state index contributed by atoms with van der Waals surface area (Å²) >= 11 is 3.44. The zero-order chi connectivity index (χ0) is 24.1. The minimum atomic E-state index is -0.288. The quantitative estimate of drug-likeness (QED) is 0.111. The van der Waals surface area contributed by atoms with Gasteiger partial charge in [0.1, 0.15) is 5.78 Å². The third-order valence-corrected chi connectivity index (χ3v) is 6.00. The van der Waals surface area contributed by atoms with Crippen molar-refractivity contribution in [1.29, 1.82) is 0 Å². The van der Waals surface area contributed by atoms with Gasteiger partial charge in [-0.25, -0.2) is 0 Å². The first kappa shape index (κ1) is 45.5. The van der Waals surface area contributed by atoms with Crippen LogP contribution in [0.3, 0.4) is 0 Å². The van der Waals surface area contributed by atoms with Gasteiger partial charge in [0.15, 0.2) is 0 Å². The summed E-state index contributed by atoms with van der Waals surface area (Å²) in [7, 11) is 0. The molecule has 0 spiro atoms. The fraction of sp³-hybridized carbons (Fsp3) is 0.857. The van der Waals surface area contributed by atoms with Crippen LogP contribution >= 0.6 is 32.9 Å². The first-order valence-corrected chi connectivity index (χ1v) is 14.2. The molecule has 2 aliphatic carbocycles. The number of hydrogen-bond donors (Lipinski definition) is 1. The van der Waals surface area contributed by atoms with Crippen molar-refractivity contribution in [1.82, 2.24) is 0 Å². The number of aliphatic hydroxyl groups is 1. The number of Topliss-reactive ketones (excluding diaryl/α,β-unsaturated/α-hetero) is 1. The van der Waals surface area contributed by atoms with E-state index in [2.05, 4.69) is 56.6 Å². The molecule has 2 saturated carbocycles. The second-order valence-electron chi connectivity index (χ2n) is 9.10. The van der Waals surface area contributed by atoms with Crippen LogP contribution in [0.4, 0.5) is 0 Å². The van der Waals surface area contributed by atoms with Crippen LogP contribution in [0.1, 0.15) is 131 Å². The predicted molar refractivity (Wildman–Crippen MR) is 159 cm³/mol. The molecule has 0 bridgehead atoms. The molecule has 0 aliphatic heterocycles. The third-order valence-electron chi connectivity index (χ3n) is 5.54. The van der Waals surface area contributed by atoms with Crippen LogP contribution in [0, 0.1) is 18.8 Å². The van der Waals surface area contributed by atoms with Crippen molar-refractivity contribution < 1.29 is 26.9 Å². The van der Waals surface area contributed by atoms with Crippen LogP contribution in [0.2, 0.25) is 0 Å². The number of allylic oxidation sites excluding steroid dienone is 2. The molecule has 0 atom stereocenters. The fourth-order valence-electron chi connectivity index (χ4n) is 3.74. The Morgan fingerprint density at radius 1 is 0.971 bits per heavy atom. The predicted octanol–water partition coefficient (Wildman–Crippen LogP) is 6.44. The van der Waals surface area contributed by atoms with Gasteiger partial charge in [-0.15, -0.1) is 17.0 Å². The molecule has 0 aromatic heterocycles. The number of ketones is 1. The Morgan fingerprint density at radius 3 is 1.59 bits per heavy atom. The maximum absolute atomic E-state index is 10.2. The van der Waals surface area contributed by atoms with Crippen molar-refractivity contribution in [3.8, 4) is 0 Å². The molecule has 0 saturated heterocycles. The van der Waals surface area contributed by atoms with E-state index in [4.69, 9.17) is 0 Å². The van der Waals surface area contributed by atoms with E-state index in [1.807, 2.05) is 6.92 Å². The molecule has 2 nitrogen and oxygen atoms in total. The molecule has 6 heteroatoms. The Labute approximate surface area is 259 Å². The van der Waals surface area contributed by atoms with E-state index in [0.29, 0.717) is 17.6 Å². The van der Waals surface area contributed by atoms with Gasteiger partial charge in [-0.1, -0.05) is 87.9 Å². The number of alkyl halides is 1. The molecule has 34 heavy (non-hydrogen) atoms. The summed E-state index contributed by atoms with van der Waals surface area (Å²) in [6.07, 6.45) is 18.8. The summed E-state index contributed by atoms with van der Waals surface area (Å²) in [6, 6.07) is 0. The smallest absolute Gasteiger partial charge is 1.00 e. The molecule has 0 aromatic rings. The van der Waals surface area contributed by atoms with E-state index < -0.39 is 0 Å². The Hall–Kier alpha value is 1.58. The molecule has 2 aliphatic rings. The molecular weight excluding hydrogens is 632 g/mol. The fourth-order valence-corrected chi connectivity index (χ4v) is 3.97. The summed E-state index contributed by atoms with van der Waals surface area (Å²) in [4.78, 5) is 10.2. The van der Waals surface area contributed by atoms with Crippen molar-refractivity contribution in [2.24, 2.45) is 11.8 Å². The molecule has 0 heterocycles. The standard InChI is InChI=1S/C10H19Br.C10H20O.C5H8O.C3H7.2BrH.Mg/c1-3-6-10(7-4-2)8-5-9-11;1-3-7-10(11,8-4-2)9-5-6-9;1-4(6)5-2-3-5;1-3-2;;;/h8H,3-7,9H2,1-2H3;9,11H,3-8H2,1-2H3;5H,2-3H2,1H3;1,3H2,2H3;2*1H;/q;;;-1;;;+2/p-1. The van der Waals surface area contributed by atoms with Gasteiger partial charge < -0.3 is 29.0 Å². The summed E-state index contributed by atoms with van der Waals surface area (Å²) in [5.41, 5.74) is 1.36. The average Bonchev–Trinajstić information content (AvgIpc) is 3.60. The average molecular weight is 688 g/mol. The number of halogens is 3. The van der Waals surface area contributed by atoms with E-state index in [9.17, 15) is 9.90 Å². The SMILES string of the molecule is Br.CC(=O)C1CC1.CCCC(=CCCBr)CCC.CCCC(O)(CCC)C1CC1.[Br-].[CH2-]CC.[Mg+2]. The first-order chi connectivity index (χ1) is 14.8. The van der Waals surface area contributed by atoms with Gasteiger partial charge in [0.05, 0.1) is 5.60 Å². The summed E-state index contributed by atoms with van der Waals surface area (Å²) < 4.78 is 0. The van der Waals surface area contributed by atoms with Gasteiger partial charge in [0.2, 0.25) is 0 Å². The van der Waals surface area contributed by atoms with Crippen LogP contribution in [0.5, 0.6) is 0 Å². The van der Waals surface area contributed by atoms with Gasteiger partial charge in [-0.2, -0.15) is 6.42 Å². The molecule has 0 radical (unpaired) electrons. The van der Waals surface area contributed by atoms with Crippen LogP contribution < -0.4 is 17.0 Å². The minimum Gasteiger partial charge on any atom is -1.00 e. The van der Waals surface area contributed by atoms with Crippen molar-refractivity contribution >= 4 is 61.7 Å². The van der Waals surface area contributed by atoms with Gasteiger partial charge in [-0.3, -0.25) is 4.79 Å². The molecule has 2 fully saturated rings. The van der Waals surface area contributed by atoms with Crippen molar-refractivity contribution in [2.45, 2.75) is 137 Å². The Bertz CT molecular complexity index is 437. The monoisotopic (exact) mass is 684 g/mol. The number of carbonyl (C=O) groups is 1. The Balaban J connectivity index is -0.000000115. The van der Waals surface area contributed by atoms with Crippen LogP contribution in [0.15, 0.2) is 11.6 Å². The molecule has 0 amide bonds.